The number of rotatable bonds is 0. The molecule has 0 radical (unpaired) electrons. The summed E-state index contributed by atoms with van der Waals surface area (Å²) in [4.78, 5) is 14.0. The lowest BCUT2D eigenvalue weighted by atomic mass is 10.3. The van der Waals surface area contributed by atoms with Crippen LogP contribution in [0.5, 0.6) is 0 Å². The topological polar surface area (TPSA) is 47.4 Å². The minimum absolute atomic E-state index is 0.151. The van der Waals surface area contributed by atoms with Gasteiger partial charge in [-0.3, -0.25) is 10.3 Å². The smallest absolute Gasteiger partial charge is 0.304 e. The summed E-state index contributed by atoms with van der Waals surface area (Å²) >= 11 is 0. The number of hydrogen-bond acceptors (Lipinski definition) is 2. The second-order valence-corrected chi connectivity index (χ2v) is 2.28. The molecule has 4 nitrogen and oxygen atoms in total. The van der Waals surface area contributed by atoms with Crippen molar-refractivity contribution in [2.75, 3.05) is 14.1 Å². The van der Waals surface area contributed by atoms with Crippen molar-refractivity contribution in [2.24, 2.45) is 0 Å². The number of amides is 2. The molecule has 4 heteroatoms. The Labute approximate surface area is 64.9 Å². The van der Waals surface area contributed by atoms with Crippen molar-refractivity contribution in [3.8, 4) is 0 Å². The predicted molar refractivity (Wildman–Crippen MR) is 41.3 cm³/mol. The second kappa shape index (κ2) is 2.60. The average Bonchev–Trinajstić information content (AvgIpc) is 2.01. The molecule has 11 heavy (non-hydrogen) atoms. The molecule has 0 aliphatic carbocycles. The van der Waals surface area contributed by atoms with Crippen LogP contribution >= 0.6 is 0 Å². The van der Waals surface area contributed by atoms with E-state index < -0.39 is 0 Å². The number of carbonyl (C=O) groups excluding carboxylic acids is 1. The third-order valence-electron chi connectivity index (χ3n) is 1.53. The second-order valence-electron chi connectivity index (χ2n) is 2.28. The fraction of sp³-hybridized carbons (Fsp3) is 0.286. The van der Waals surface area contributed by atoms with Crippen LogP contribution in [0.2, 0.25) is 0 Å². The van der Waals surface area contributed by atoms with E-state index in [1.165, 1.54) is 9.80 Å². The number of hydrogen-bond donors (Lipinski definition) is 1. The van der Waals surface area contributed by atoms with E-state index >= 15 is 0 Å². The number of likely N-dealkylation sites (N-methyl/N-ethyl adjacent to an activating group) is 1. The maximum atomic E-state index is 11.2. The highest BCUT2D eigenvalue weighted by molar-refractivity contribution is 5.82. The molecule has 0 fully saturated rings. The minimum Gasteiger partial charge on any atom is -0.304 e. The van der Waals surface area contributed by atoms with Crippen LogP contribution in [0.1, 0.15) is 0 Å². The Morgan fingerprint density at radius 2 is 2.18 bits per heavy atom. The molecule has 0 atom stereocenters. The normalized spacial score (nSPS) is 17.3. The zero-order chi connectivity index (χ0) is 8.43. The largest absolute Gasteiger partial charge is 0.328 e. The molecule has 0 aromatic carbocycles. The average molecular weight is 151 g/mol. The summed E-state index contributed by atoms with van der Waals surface area (Å²) in [7, 11) is 3.27. The molecule has 1 rings (SSSR count). The highest BCUT2D eigenvalue weighted by Crippen LogP contribution is 2.09. The van der Waals surface area contributed by atoms with Gasteiger partial charge in [0.05, 0.1) is 0 Å². The van der Waals surface area contributed by atoms with Gasteiger partial charge in [-0.1, -0.05) is 0 Å². The van der Waals surface area contributed by atoms with Gasteiger partial charge in [0.15, 0.2) is 0 Å². The zero-order valence-electron chi connectivity index (χ0n) is 6.46. The summed E-state index contributed by atoms with van der Waals surface area (Å²) in [6, 6.07) is -0.151. The molecule has 0 saturated heterocycles. The van der Waals surface area contributed by atoms with E-state index in [4.69, 9.17) is 5.41 Å². The Hall–Kier alpha value is -1.54. The number of nitrogens with zero attached hydrogens (tertiary/aromatic N) is 2. The quantitative estimate of drug-likeness (QED) is 0.507. The maximum Gasteiger partial charge on any atom is 0.328 e. The van der Waals surface area contributed by atoms with Crippen LogP contribution in [0.4, 0.5) is 4.79 Å². The molecule has 0 aromatic heterocycles. The Morgan fingerprint density at radius 1 is 1.55 bits per heavy atom. The Morgan fingerprint density at radius 3 is 2.73 bits per heavy atom. The summed E-state index contributed by atoms with van der Waals surface area (Å²) in [5.41, 5.74) is 0.480. The standard InChI is InChI=1S/C7H9N3O/c1-9-4-3-6(5-8)10(2)7(9)11/h3-4,8H,1-2H3. The summed E-state index contributed by atoms with van der Waals surface area (Å²) in [6.45, 7) is 0. The molecule has 0 bridgehead atoms. The van der Waals surface area contributed by atoms with Crippen molar-refractivity contribution in [3.63, 3.8) is 0 Å². The fourth-order valence-corrected chi connectivity index (χ4v) is 0.823. The van der Waals surface area contributed by atoms with Gasteiger partial charge in [-0.2, -0.15) is 0 Å². The first-order chi connectivity index (χ1) is 5.16. The van der Waals surface area contributed by atoms with Crippen molar-refractivity contribution < 1.29 is 4.79 Å². The van der Waals surface area contributed by atoms with E-state index in [1.807, 2.05) is 0 Å². The van der Waals surface area contributed by atoms with Crippen molar-refractivity contribution in [1.82, 2.24) is 9.80 Å². The van der Waals surface area contributed by atoms with Crippen LogP contribution in [0.15, 0.2) is 18.0 Å². The third-order valence-corrected chi connectivity index (χ3v) is 1.53. The van der Waals surface area contributed by atoms with Gasteiger partial charge in [0.2, 0.25) is 0 Å². The van der Waals surface area contributed by atoms with Crippen LogP contribution in [0, 0.1) is 5.41 Å². The van der Waals surface area contributed by atoms with E-state index in [2.05, 4.69) is 5.87 Å². The van der Waals surface area contributed by atoms with Gasteiger partial charge in [0.1, 0.15) is 5.70 Å². The molecule has 1 aliphatic rings. The van der Waals surface area contributed by atoms with Gasteiger partial charge < -0.3 is 4.90 Å². The first kappa shape index (κ1) is 7.57. The molecule has 0 aromatic rings. The molecule has 0 spiro atoms. The van der Waals surface area contributed by atoms with Crippen molar-refractivity contribution in [1.29, 1.82) is 5.41 Å². The zero-order valence-corrected chi connectivity index (χ0v) is 6.46. The van der Waals surface area contributed by atoms with E-state index in [9.17, 15) is 4.79 Å². The van der Waals surface area contributed by atoms with Gasteiger partial charge in [-0.15, -0.1) is 0 Å². The van der Waals surface area contributed by atoms with Gasteiger partial charge in [-0.25, -0.2) is 4.79 Å². The van der Waals surface area contributed by atoms with Crippen LogP contribution in [-0.2, 0) is 0 Å². The van der Waals surface area contributed by atoms with E-state index in [-0.39, 0.29) is 6.03 Å². The lowest BCUT2D eigenvalue weighted by molar-refractivity contribution is 0.196. The van der Waals surface area contributed by atoms with Crippen LogP contribution < -0.4 is 0 Å². The Kier molecular flexibility index (Phi) is 1.79. The minimum atomic E-state index is -0.151. The predicted octanol–water partition coefficient (Wildman–Crippen LogP) is 0.630. The molecule has 1 aliphatic heterocycles. The van der Waals surface area contributed by atoms with E-state index in [0.29, 0.717) is 5.70 Å². The van der Waals surface area contributed by atoms with Crippen LogP contribution in [0.25, 0.3) is 0 Å². The van der Waals surface area contributed by atoms with Gasteiger partial charge in [0, 0.05) is 26.2 Å². The fourth-order valence-electron chi connectivity index (χ4n) is 0.823. The monoisotopic (exact) mass is 151 g/mol. The highest BCUT2D eigenvalue weighted by Gasteiger charge is 2.18. The molecular weight excluding hydrogens is 142 g/mol. The number of carbonyl (C=O) groups is 1. The summed E-state index contributed by atoms with van der Waals surface area (Å²) in [5.74, 6) is 2.16. The summed E-state index contributed by atoms with van der Waals surface area (Å²) in [6.07, 6.45) is 3.27. The molecule has 0 unspecified atom stereocenters. The van der Waals surface area contributed by atoms with E-state index in [1.54, 1.807) is 26.4 Å². The first-order valence-corrected chi connectivity index (χ1v) is 3.15. The third kappa shape index (κ3) is 1.16. The maximum absolute atomic E-state index is 11.2. The number of nitrogens with one attached hydrogen (secondary N) is 1. The Balaban J connectivity index is 3.03. The number of urea groups is 1. The SMILES string of the molecule is CN1C=CC(=C=N)N(C)C1=O. The molecule has 58 valence electrons. The number of allylic oxidation sites excluding steroid dienone is 1. The van der Waals surface area contributed by atoms with Crippen LogP contribution in [0.3, 0.4) is 0 Å². The van der Waals surface area contributed by atoms with Crippen LogP contribution in [-0.4, -0.2) is 35.8 Å². The summed E-state index contributed by atoms with van der Waals surface area (Å²) in [5, 5.41) is 6.83. The molecule has 1 N–H and O–H groups in total. The first-order valence-electron chi connectivity index (χ1n) is 3.15. The Bertz CT molecular complexity index is 263. The van der Waals surface area contributed by atoms with Gasteiger partial charge in [0.25, 0.3) is 0 Å². The molecule has 1 heterocycles. The van der Waals surface area contributed by atoms with Crippen molar-refractivity contribution >= 4 is 11.9 Å². The van der Waals surface area contributed by atoms with E-state index in [0.717, 1.165) is 0 Å². The van der Waals surface area contributed by atoms with Crippen molar-refractivity contribution in [2.45, 2.75) is 0 Å². The lowest BCUT2D eigenvalue weighted by Crippen LogP contribution is -2.38. The summed E-state index contributed by atoms with van der Waals surface area (Å²) < 4.78 is 0. The molecule has 2 amide bonds. The van der Waals surface area contributed by atoms with Crippen molar-refractivity contribution in [3.05, 3.63) is 18.0 Å². The highest BCUT2D eigenvalue weighted by atomic mass is 16.2. The lowest BCUT2D eigenvalue weighted by Gasteiger charge is -2.25. The molecule has 0 saturated carbocycles. The van der Waals surface area contributed by atoms with Gasteiger partial charge in [-0.05, 0) is 6.08 Å². The molecular formula is C7H9N3O. The van der Waals surface area contributed by atoms with Gasteiger partial charge >= 0.3 is 6.03 Å².